The number of halogens is 1. The fourth-order valence-electron chi connectivity index (χ4n) is 3.66. The molecule has 0 saturated heterocycles. The molecule has 1 heterocycles. The van der Waals surface area contributed by atoms with Crippen LogP contribution in [-0.4, -0.2) is 32.8 Å². The molecule has 1 atom stereocenters. The van der Waals surface area contributed by atoms with Crippen LogP contribution in [0.25, 0.3) is 0 Å². The van der Waals surface area contributed by atoms with Crippen LogP contribution >= 0.6 is 0 Å². The van der Waals surface area contributed by atoms with Gasteiger partial charge in [0.25, 0.3) is 10.0 Å². The summed E-state index contributed by atoms with van der Waals surface area (Å²) in [7, 11) is -0.858. The molecule has 0 radical (unpaired) electrons. The fourth-order valence-corrected chi connectivity index (χ4v) is 5.09. The highest BCUT2D eigenvalue weighted by molar-refractivity contribution is 7.89. The van der Waals surface area contributed by atoms with Crippen LogP contribution in [0.3, 0.4) is 0 Å². The van der Waals surface area contributed by atoms with Crippen molar-refractivity contribution in [2.75, 3.05) is 14.2 Å². The third-order valence-corrected chi connectivity index (χ3v) is 7.11. The average molecular weight is 455 g/mol. The maximum Gasteiger partial charge on any atom is 0.279 e. The Morgan fingerprint density at radius 2 is 1.66 bits per heavy atom. The van der Waals surface area contributed by atoms with Crippen LogP contribution in [0.2, 0.25) is 0 Å². The number of hydrogen-bond acceptors (Lipinski definition) is 5. The van der Waals surface area contributed by atoms with E-state index >= 15 is 0 Å². The highest BCUT2D eigenvalue weighted by Crippen LogP contribution is 2.39. The lowest BCUT2D eigenvalue weighted by atomic mass is 9.98. The first-order valence-electron chi connectivity index (χ1n) is 10.00. The van der Waals surface area contributed by atoms with E-state index in [1.807, 2.05) is 6.92 Å². The van der Waals surface area contributed by atoms with Crippen molar-refractivity contribution in [3.05, 3.63) is 89.2 Å². The number of nitrogens with zero attached hydrogens (tertiary/aromatic N) is 2. The first-order chi connectivity index (χ1) is 15.3. The minimum atomic E-state index is -3.95. The van der Waals surface area contributed by atoms with Gasteiger partial charge in [-0.15, -0.1) is 0 Å². The molecule has 0 N–H and O–H groups in total. The molecular formula is C24H23FN2O4S. The Bertz CT molecular complexity index is 1260. The quantitative estimate of drug-likeness (QED) is 0.542. The molecule has 32 heavy (non-hydrogen) atoms. The third-order valence-electron chi connectivity index (χ3n) is 5.41. The fraction of sp³-hybridized carbons (Fsp3) is 0.208. The number of aryl methyl sites for hydroxylation is 1. The molecule has 0 amide bonds. The number of ether oxygens (including phenoxy) is 2. The van der Waals surface area contributed by atoms with Crippen LogP contribution in [0.15, 0.2) is 76.7 Å². The lowest BCUT2D eigenvalue weighted by Crippen LogP contribution is -2.27. The average Bonchev–Trinajstić information content (AvgIpc) is 3.25. The minimum absolute atomic E-state index is 0.141. The topological polar surface area (TPSA) is 68.2 Å². The summed E-state index contributed by atoms with van der Waals surface area (Å²) in [6, 6.07) is 17.1. The molecule has 8 heteroatoms. The van der Waals surface area contributed by atoms with Crippen molar-refractivity contribution in [3.8, 4) is 11.5 Å². The molecule has 0 fully saturated rings. The summed E-state index contributed by atoms with van der Waals surface area (Å²) in [5.41, 5.74) is 2.82. The van der Waals surface area contributed by atoms with Crippen LogP contribution in [0.5, 0.6) is 11.5 Å². The largest absolute Gasteiger partial charge is 0.497 e. The van der Waals surface area contributed by atoms with Crippen molar-refractivity contribution in [3.63, 3.8) is 0 Å². The molecule has 1 aliphatic rings. The highest BCUT2D eigenvalue weighted by atomic mass is 32.2. The van der Waals surface area contributed by atoms with Gasteiger partial charge in [-0.05, 0) is 48.9 Å². The van der Waals surface area contributed by atoms with Crippen LogP contribution in [-0.2, 0) is 10.0 Å². The monoisotopic (exact) mass is 454 g/mol. The van der Waals surface area contributed by atoms with E-state index in [1.165, 1.54) is 19.2 Å². The second-order valence-corrected chi connectivity index (χ2v) is 9.27. The lowest BCUT2D eigenvalue weighted by molar-refractivity contribution is 0.371. The molecular weight excluding hydrogens is 431 g/mol. The summed E-state index contributed by atoms with van der Waals surface area (Å²) in [5.74, 6) is 0.747. The van der Waals surface area contributed by atoms with Crippen LogP contribution in [0.4, 0.5) is 4.39 Å². The first kappa shape index (κ1) is 21.8. The smallest absolute Gasteiger partial charge is 0.279 e. The van der Waals surface area contributed by atoms with Gasteiger partial charge in [-0.3, -0.25) is 0 Å². The molecule has 166 valence electrons. The Hall–Kier alpha value is -3.39. The number of benzene rings is 3. The molecule has 0 saturated carbocycles. The van der Waals surface area contributed by atoms with Gasteiger partial charge in [-0.1, -0.05) is 29.8 Å². The van der Waals surface area contributed by atoms with Gasteiger partial charge >= 0.3 is 0 Å². The summed E-state index contributed by atoms with van der Waals surface area (Å²) < 4.78 is 52.4. The van der Waals surface area contributed by atoms with E-state index in [2.05, 4.69) is 5.10 Å². The predicted octanol–water partition coefficient (Wildman–Crippen LogP) is 4.69. The molecule has 6 nitrogen and oxygen atoms in total. The zero-order valence-corrected chi connectivity index (χ0v) is 18.8. The minimum Gasteiger partial charge on any atom is -0.497 e. The second kappa shape index (κ2) is 8.63. The third kappa shape index (κ3) is 4.05. The van der Waals surface area contributed by atoms with Crippen LogP contribution < -0.4 is 9.47 Å². The van der Waals surface area contributed by atoms with Gasteiger partial charge < -0.3 is 9.47 Å². The van der Waals surface area contributed by atoms with Crippen molar-refractivity contribution >= 4 is 15.7 Å². The van der Waals surface area contributed by atoms with Gasteiger partial charge in [0.15, 0.2) is 0 Å². The maximum absolute atomic E-state index is 13.5. The molecule has 3 aromatic carbocycles. The van der Waals surface area contributed by atoms with Gasteiger partial charge in [0.2, 0.25) is 0 Å². The Balaban J connectivity index is 1.82. The van der Waals surface area contributed by atoms with Crippen LogP contribution in [0.1, 0.15) is 29.2 Å². The molecule has 0 bridgehead atoms. The van der Waals surface area contributed by atoms with E-state index in [9.17, 15) is 12.8 Å². The van der Waals surface area contributed by atoms with Gasteiger partial charge in [0.1, 0.15) is 17.3 Å². The lowest BCUT2D eigenvalue weighted by Gasteiger charge is -2.23. The van der Waals surface area contributed by atoms with E-state index in [1.54, 1.807) is 61.7 Å². The number of methoxy groups -OCH3 is 2. The first-order valence-corrected chi connectivity index (χ1v) is 11.4. The number of rotatable bonds is 6. The number of hydrazone groups is 1. The van der Waals surface area contributed by atoms with Crippen molar-refractivity contribution in [2.24, 2.45) is 5.10 Å². The van der Waals surface area contributed by atoms with E-state index in [0.29, 0.717) is 34.8 Å². The van der Waals surface area contributed by atoms with Gasteiger partial charge in [-0.25, -0.2) is 4.39 Å². The van der Waals surface area contributed by atoms with Crippen molar-refractivity contribution in [1.29, 1.82) is 0 Å². The molecule has 3 aromatic rings. The van der Waals surface area contributed by atoms with Gasteiger partial charge in [0.05, 0.1) is 30.9 Å². The summed E-state index contributed by atoms with van der Waals surface area (Å²) in [5, 5.41) is 4.52. The summed E-state index contributed by atoms with van der Waals surface area (Å²) in [6.07, 6.45) is 0.305. The van der Waals surface area contributed by atoms with E-state index < -0.39 is 21.9 Å². The molecule has 1 aliphatic heterocycles. The number of hydrogen-bond donors (Lipinski definition) is 0. The van der Waals surface area contributed by atoms with E-state index in [-0.39, 0.29) is 4.90 Å². The maximum atomic E-state index is 13.5. The molecule has 0 aromatic heterocycles. The van der Waals surface area contributed by atoms with Crippen molar-refractivity contribution in [2.45, 2.75) is 24.3 Å². The molecule has 0 spiro atoms. The zero-order valence-electron chi connectivity index (χ0n) is 17.9. The summed E-state index contributed by atoms with van der Waals surface area (Å²) in [4.78, 5) is 0.141. The highest BCUT2D eigenvalue weighted by Gasteiger charge is 2.38. The molecule has 0 aliphatic carbocycles. The molecule has 1 unspecified atom stereocenters. The summed E-state index contributed by atoms with van der Waals surface area (Å²) >= 11 is 0. The molecule has 4 rings (SSSR count). The van der Waals surface area contributed by atoms with E-state index in [0.717, 1.165) is 9.98 Å². The second-order valence-electron chi connectivity index (χ2n) is 7.48. The predicted molar refractivity (Wildman–Crippen MR) is 120 cm³/mol. The SMILES string of the molecule is COc1ccc(C2=NN(S(=O)(=O)c3ccc(C)cc3)C(c3ccc(F)cc3)C2)c(OC)c1. The van der Waals surface area contributed by atoms with Crippen molar-refractivity contribution in [1.82, 2.24) is 4.41 Å². The number of sulfonamides is 1. The van der Waals surface area contributed by atoms with Gasteiger partial charge in [0, 0.05) is 18.1 Å². The zero-order chi connectivity index (χ0) is 22.9. The Morgan fingerprint density at radius 3 is 2.28 bits per heavy atom. The van der Waals surface area contributed by atoms with E-state index in [4.69, 9.17) is 9.47 Å². The summed E-state index contributed by atoms with van der Waals surface area (Å²) in [6.45, 7) is 1.89. The Kier molecular flexibility index (Phi) is 5.88. The standard InChI is InChI=1S/C24H23FN2O4S/c1-16-4-11-20(12-5-16)32(28,29)27-23(17-6-8-18(25)9-7-17)15-22(26-27)21-13-10-19(30-2)14-24(21)31-3/h4-14,23H,15H2,1-3H3. The Morgan fingerprint density at radius 1 is 0.969 bits per heavy atom. The van der Waals surface area contributed by atoms with Crippen LogP contribution in [0, 0.1) is 12.7 Å². The Labute approximate surface area is 187 Å². The van der Waals surface area contributed by atoms with Gasteiger partial charge in [-0.2, -0.15) is 17.9 Å². The van der Waals surface area contributed by atoms with Crippen molar-refractivity contribution < 1.29 is 22.3 Å². The normalized spacial score (nSPS) is 16.1.